The number of alkyl halides is 3. The molecule has 6 nitrogen and oxygen atoms in total. The third-order valence-electron chi connectivity index (χ3n) is 2.71. The Labute approximate surface area is 136 Å². The second-order valence-corrected chi connectivity index (χ2v) is 5.07. The monoisotopic (exact) mass is 363 g/mol. The Bertz CT molecular complexity index is 844. The SMILES string of the molecule is FC(F)(F)Oc1cc(Cl)c(Nc2ncnc3[nH]cnc23)c(Cl)c1. The predicted octanol–water partition coefficient (Wildman–Crippen LogP) is 4.30. The number of fused-ring (bicyclic) bond motifs is 1. The highest BCUT2D eigenvalue weighted by Crippen LogP contribution is 2.38. The van der Waals surface area contributed by atoms with Crippen molar-refractivity contribution in [3.63, 3.8) is 0 Å². The number of nitrogens with one attached hydrogen (secondary N) is 2. The predicted molar refractivity (Wildman–Crippen MR) is 78.1 cm³/mol. The highest BCUT2D eigenvalue weighted by molar-refractivity contribution is 6.39. The van der Waals surface area contributed by atoms with E-state index in [1.54, 1.807) is 0 Å². The van der Waals surface area contributed by atoms with Crippen molar-refractivity contribution < 1.29 is 17.9 Å². The molecule has 0 aliphatic heterocycles. The third kappa shape index (κ3) is 3.40. The molecule has 2 N–H and O–H groups in total. The van der Waals surface area contributed by atoms with Crippen LogP contribution in [0.25, 0.3) is 11.2 Å². The van der Waals surface area contributed by atoms with E-state index in [1.807, 2.05) is 0 Å². The molecule has 2 aromatic heterocycles. The standard InChI is InChI=1S/C12H6Cl2F3N5O/c13-6-1-5(23-12(15,16)17)2-7(14)8(6)22-11-9-10(19-3-18-9)20-4-21-11/h1-4H,(H2,18,19,20,21,22). The molecule has 1 aromatic carbocycles. The molecule has 3 rings (SSSR count). The number of halogens is 5. The Morgan fingerprint density at radius 1 is 1.09 bits per heavy atom. The summed E-state index contributed by atoms with van der Waals surface area (Å²) in [5.74, 6) is -0.227. The lowest BCUT2D eigenvalue weighted by molar-refractivity contribution is -0.274. The molecule has 0 amide bonds. The van der Waals surface area contributed by atoms with Crippen LogP contribution in [0.3, 0.4) is 0 Å². The zero-order valence-corrected chi connectivity index (χ0v) is 12.5. The molecule has 2 heterocycles. The molecule has 0 fully saturated rings. The number of aromatic nitrogens is 4. The van der Waals surface area contributed by atoms with Crippen molar-refractivity contribution in [2.45, 2.75) is 6.36 Å². The Morgan fingerprint density at radius 2 is 1.78 bits per heavy atom. The number of hydrogen-bond donors (Lipinski definition) is 2. The van der Waals surface area contributed by atoms with Crippen LogP contribution in [0.2, 0.25) is 10.0 Å². The van der Waals surface area contributed by atoms with Gasteiger partial charge in [0.25, 0.3) is 0 Å². The largest absolute Gasteiger partial charge is 0.573 e. The van der Waals surface area contributed by atoms with Crippen molar-refractivity contribution >= 4 is 45.9 Å². The molecular formula is C12H6Cl2F3N5O. The highest BCUT2D eigenvalue weighted by atomic mass is 35.5. The van der Waals surface area contributed by atoms with Crippen molar-refractivity contribution in [2.24, 2.45) is 0 Å². The van der Waals surface area contributed by atoms with E-state index in [9.17, 15) is 13.2 Å². The summed E-state index contributed by atoms with van der Waals surface area (Å²) in [6.07, 6.45) is -2.13. The second-order valence-electron chi connectivity index (χ2n) is 4.26. The molecule has 0 unspecified atom stereocenters. The number of imidazole rings is 1. The van der Waals surface area contributed by atoms with Crippen LogP contribution < -0.4 is 10.1 Å². The fourth-order valence-corrected chi connectivity index (χ4v) is 2.40. The third-order valence-corrected chi connectivity index (χ3v) is 3.31. The van der Waals surface area contributed by atoms with Crippen LogP contribution in [0.1, 0.15) is 0 Å². The summed E-state index contributed by atoms with van der Waals surface area (Å²) in [7, 11) is 0. The Kier molecular flexibility index (Phi) is 3.90. The van der Waals surface area contributed by atoms with Gasteiger partial charge in [-0.25, -0.2) is 15.0 Å². The first kappa shape index (κ1) is 15.6. The molecule has 0 aliphatic carbocycles. The Balaban J connectivity index is 1.96. The molecule has 11 heteroatoms. The van der Waals surface area contributed by atoms with Crippen molar-refractivity contribution in [2.75, 3.05) is 5.32 Å². The van der Waals surface area contributed by atoms with Crippen molar-refractivity contribution in [1.82, 2.24) is 19.9 Å². The van der Waals surface area contributed by atoms with Crippen LogP contribution in [0.15, 0.2) is 24.8 Å². The Hall–Kier alpha value is -2.26. The molecule has 3 aromatic rings. The summed E-state index contributed by atoms with van der Waals surface area (Å²) in [4.78, 5) is 14.8. The molecular weight excluding hydrogens is 358 g/mol. The molecule has 0 atom stereocenters. The van der Waals surface area contributed by atoms with Crippen molar-refractivity contribution in [3.05, 3.63) is 34.8 Å². The molecule has 0 saturated carbocycles. The van der Waals surface area contributed by atoms with Gasteiger partial charge in [-0.2, -0.15) is 0 Å². The number of aromatic amines is 1. The Morgan fingerprint density at radius 3 is 2.43 bits per heavy atom. The van der Waals surface area contributed by atoms with E-state index in [2.05, 4.69) is 30.0 Å². The van der Waals surface area contributed by atoms with Gasteiger partial charge in [0.1, 0.15) is 12.1 Å². The first-order valence-electron chi connectivity index (χ1n) is 5.99. The molecule has 23 heavy (non-hydrogen) atoms. The minimum atomic E-state index is -4.84. The lowest BCUT2D eigenvalue weighted by Crippen LogP contribution is -2.17. The minimum Gasteiger partial charge on any atom is -0.406 e. The number of hydrogen-bond acceptors (Lipinski definition) is 5. The molecule has 120 valence electrons. The fourth-order valence-electron chi connectivity index (χ4n) is 1.84. The number of rotatable bonds is 3. The normalized spacial score (nSPS) is 11.7. The maximum Gasteiger partial charge on any atom is 0.573 e. The zero-order chi connectivity index (χ0) is 16.6. The van der Waals surface area contributed by atoms with E-state index in [-0.39, 0.29) is 15.7 Å². The lowest BCUT2D eigenvalue weighted by Gasteiger charge is -2.13. The number of ether oxygens (including phenoxy) is 1. The van der Waals surface area contributed by atoms with Gasteiger partial charge in [-0.3, -0.25) is 0 Å². The fraction of sp³-hybridized carbons (Fsp3) is 0.0833. The van der Waals surface area contributed by atoms with Crippen LogP contribution in [-0.2, 0) is 0 Å². The van der Waals surface area contributed by atoms with Crippen molar-refractivity contribution in [3.8, 4) is 5.75 Å². The first-order valence-corrected chi connectivity index (χ1v) is 6.75. The first-order chi connectivity index (χ1) is 10.8. The summed E-state index contributed by atoms with van der Waals surface area (Å²) in [6.45, 7) is 0. The van der Waals surface area contributed by atoms with Gasteiger partial charge in [-0.05, 0) is 0 Å². The van der Waals surface area contributed by atoms with Crippen LogP contribution in [0.5, 0.6) is 5.75 Å². The molecule has 0 aliphatic rings. The van der Waals surface area contributed by atoms with Crippen molar-refractivity contribution in [1.29, 1.82) is 0 Å². The van der Waals surface area contributed by atoms with E-state index >= 15 is 0 Å². The second kappa shape index (κ2) is 5.74. The highest BCUT2D eigenvalue weighted by Gasteiger charge is 2.31. The summed E-state index contributed by atoms with van der Waals surface area (Å²) in [6, 6.07) is 1.98. The van der Waals surface area contributed by atoms with Gasteiger partial charge in [-0.1, -0.05) is 23.2 Å². The number of nitrogens with zero attached hydrogens (tertiary/aromatic N) is 3. The van der Waals surface area contributed by atoms with Crippen LogP contribution in [0, 0.1) is 0 Å². The molecule has 0 radical (unpaired) electrons. The zero-order valence-electron chi connectivity index (χ0n) is 10.9. The summed E-state index contributed by atoms with van der Waals surface area (Å²) >= 11 is 11.9. The van der Waals surface area contributed by atoms with Gasteiger partial charge in [-0.15, -0.1) is 13.2 Å². The number of anilines is 2. The molecule has 0 bridgehead atoms. The van der Waals surface area contributed by atoms with Gasteiger partial charge in [0.15, 0.2) is 17.0 Å². The van der Waals surface area contributed by atoms with Crippen LogP contribution >= 0.6 is 23.2 Å². The van der Waals surface area contributed by atoms with Gasteiger partial charge in [0.05, 0.1) is 22.1 Å². The number of benzene rings is 1. The van der Waals surface area contributed by atoms with Crippen LogP contribution in [0.4, 0.5) is 24.7 Å². The maximum atomic E-state index is 12.2. The minimum absolute atomic E-state index is 0.0703. The average Bonchev–Trinajstić information content (AvgIpc) is 2.90. The smallest absolute Gasteiger partial charge is 0.406 e. The lowest BCUT2D eigenvalue weighted by atomic mass is 10.3. The topological polar surface area (TPSA) is 75.7 Å². The number of H-pyrrole nitrogens is 1. The van der Waals surface area contributed by atoms with E-state index in [1.165, 1.54) is 12.7 Å². The maximum absolute atomic E-state index is 12.2. The molecule has 0 saturated heterocycles. The van der Waals surface area contributed by atoms with Gasteiger partial charge >= 0.3 is 6.36 Å². The van der Waals surface area contributed by atoms with Gasteiger partial charge in [0.2, 0.25) is 0 Å². The van der Waals surface area contributed by atoms with E-state index in [4.69, 9.17) is 23.2 Å². The van der Waals surface area contributed by atoms with E-state index in [0.29, 0.717) is 17.0 Å². The van der Waals surface area contributed by atoms with E-state index < -0.39 is 12.1 Å². The van der Waals surface area contributed by atoms with Crippen LogP contribution in [-0.4, -0.2) is 26.3 Å². The van der Waals surface area contributed by atoms with E-state index in [0.717, 1.165) is 12.1 Å². The average molecular weight is 364 g/mol. The summed E-state index contributed by atoms with van der Waals surface area (Å²) < 4.78 is 40.5. The summed E-state index contributed by atoms with van der Waals surface area (Å²) in [5, 5.41) is 2.68. The quantitative estimate of drug-likeness (QED) is 0.725. The summed E-state index contributed by atoms with van der Waals surface area (Å²) in [5.41, 5.74) is 1.08. The molecule has 0 spiro atoms. The van der Waals surface area contributed by atoms with Gasteiger partial charge < -0.3 is 15.0 Å². The van der Waals surface area contributed by atoms with Gasteiger partial charge in [0, 0.05) is 12.1 Å².